The molecule has 1 aliphatic rings. The van der Waals surface area contributed by atoms with Gasteiger partial charge in [-0.1, -0.05) is 24.3 Å². The Labute approximate surface area is 165 Å². The van der Waals surface area contributed by atoms with Gasteiger partial charge in [0.2, 0.25) is 0 Å². The summed E-state index contributed by atoms with van der Waals surface area (Å²) in [6, 6.07) is 18.8. The molecule has 0 amide bonds. The topological polar surface area (TPSA) is 65.5 Å². The number of nitrogens with one attached hydrogen (secondary N) is 1. The van der Waals surface area contributed by atoms with Crippen LogP contribution in [0.1, 0.15) is 27.9 Å². The molecule has 0 saturated heterocycles. The Morgan fingerprint density at radius 2 is 1.79 bits per heavy atom. The van der Waals surface area contributed by atoms with Gasteiger partial charge < -0.3 is 15.3 Å². The fraction of sp³-hybridized carbons (Fsp3) is 0.217. The third kappa shape index (κ3) is 4.49. The van der Waals surface area contributed by atoms with E-state index in [1.165, 1.54) is 60.2 Å². The fourth-order valence-electron chi connectivity index (χ4n) is 3.35. The van der Waals surface area contributed by atoms with E-state index in [4.69, 9.17) is 5.11 Å². The molecule has 0 atom stereocenters. The van der Waals surface area contributed by atoms with Crippen molar-refractivity contribution in [1.29, 1.82) is 0 Å². The molecule has 0 fully saturated rings. The number of rotatable bonds is 4. The lowest BCUT2D eigenvalue weighted by atomic mass is 10.1. The highest BCUT2D eigenvalue weighted by Gasteiger charge is 2.12. The van der Waals surface area contributed by atoms with E-state index in [0.29, 0.717) is 5.69 Å². The summed E-state index contributed by atoms with van der Waals surface area (Å²) < 4.78 is 0. The maximum absolute atomic E-state index is 10.5. The van der Waals surface area contributed by atoms with Crippen LogP contribution in [0.4, 0.5) is 17.1 Å². The summed E-state index contributed by atoms with van der Waals surface area (Å²) in [5, 5.41) is 11.4. The molecule has 0 aliphatic heterocycles. The average Bonchev–Trinajstić information content (AvgIpc) is 3.22. The molecule has 1 heterocycles. The zero-order valence-corrected chi connectivity index (χ0v) is 16.2. The van der Waals surface area contributed by atoms with Gasteiger partial charge in [-0.05, 0) is 60.7 Å². The molecule has 0 saturated carbocycles. The van der Waals surface area contributed by atoms with E-state index in [2.05, 4.69) is 70.8 Å². The number of carboxylic acid groups (broad SMARTS) is 1. The van der Waals surface area contributed by atoms with E-state index < -0.39 is 5.97 Å². The normalized spacial score (nSPS) is 11.8. The van der Waals surface area contributed by atoms with Crippen molar-refractivity contribution in [2.45, 2.75) is 19.3 Å². The smallest absolute Gasteiger partial charge is 0.337 e. The number of carboxylic acids is 1. The summed E-state index contributed by atoms with van der Waals surface area (Å²) in [6.45, 7) is 0. The number of aromatic carboxylic acids is 1. The summed E-state index contributed by atoms with van der Waals surface area (Å²) in [6.07, 6.45) is 6.73. The molecule has 2 aromatic carbocycles. The summed E-state index contributed by atoms with van der Waals surface area (Å²) in [4.78, 5) is 16.5. The van der Waals surface area contributed by atoms with Gasteiger partial charge in [-0.2, -0.15) is 0 Å². The molecular weight excluding hydrogens is 350 g/mol. The number of fused-ring (bicyclic) bond motifs is 1. The van der Waals surface area contributed by atoms with Crippen molar-refractivity contribution in [1.82, 2.24) is 4.98 Å². The van der Waals surface area contributed by atoms with Crippen molar-refractivity contribution in [2.24, 2.45) is 0 Å². The van der Waals surface area contributed by atoms with Crippen LogP contribution in [0.5, 0.6) is 0 Å². The number of benzene rings is 2. The van der Waals surface area contributed by atoms with Crippen LogP contribution < -0.4 is 10.2 Å². The average molecular weight is 375 g/mol. The number of hydrogen-bond donors (Lipinski definition) is 2. The van der Waals surface area contributed by atoms with E-state index in [9.17, 15) is 4.79 Å². The lowest BCUT2D eigenvalue weighted by Crippen LogP contribution is -2.09. The van der Waals surface area contributed by atoms with Gasteiger partial charge in [0.25, 0.3) is 0 Å². The summed E-state index contributed by atoms with van der Waals surface area (Å²) in [7, 11) is 3.79. The second-order valence-electron chi connectivity index (χ2n) is 6.68. The highest BCUT2D eigenvalue weighted by Crippen LogP contribution is 2.29. The van der Waals surface area contributed by atoms with E-state index in [1.54, 1.807) is 7.05 Å². The number of nitrogens with zero attached hydrogens (tertiary/aromatic N) is 2. The van der Waals surface area contributed by atoms with Gasteiger partial charge in [-0.3, -0.25) is 4.98 Å². The molecule has 1 aromatic heterocycles. The largest absolute Gasteiger partial charge is 0.478 e. The van der Waals surface area contributed by atoms with Crippen molar-refractivity contribution >= 4 is 23.0 Å². The Bertz CT molecular complexity index is 942. The Morgan fingerprint density at radius 3 is 2.46 bits per heavy atom. The van der Waals surface area contributed by atoms with Crippen LogP contribution >= 0.6 is 0 Å². The van der Waals surface area contributed by atoms with Crippen molar-refractivity contribution in [3.05, 3.63) is 83.7 Å². The molecule has 3 aromatic rings. The molecular formula is C23H25N3O2. The number of pyridine rings is 1. The zero-order valence-electron chi connectivity index (χ0n) is 16.2. The molecule has 1 aliphatic carbocycles. The number of aromatic nitrogens is 1. The Balaban J connectivity index is 0.000000178. The van der Waals surface area contributed by atoms with Crippen LogP contribution in [-0.2, 0) is 12.8 Å². The zero-order chi connectivity index (χ0) is 19.9. The first kappa shape index (κ1) is 19.4. The number of carbonyl (C=O) groups is 1. The minimum Gasteiger partial charge on any atom is -0.478 e. The predicted molar refractivity (Wildman–Crippen MR) is 114 cm³/mol. The molecule has 28 heavy (non-hydrogen) atoms. The monoisotopic (exact) mass is 375 g/mol. The quantitative estimate of drug-likeness (QED) is 0.688. The second-order valence-corrected chi connectivity index (χ2v) is 6.68. The Hall–Kier alpha value is -3.34. The predicted octanol–water partition coefficient (Wildman–Crippen LogP) is 4.76. The minimum atomic E-state index is -0.947. The molecule has 4 rings (SSSR count). The van der Waals surface area contributed by atoms with Crippen LogP contribution in [0.15, 0.2) is 67.0 Å². The first-order valence-corrected chi connectivity index (χ1v) is 9.36. The summed E-state index contributed by atoms with van der Waals surface area (Å²) in [5.41, 5.74) is 6.37. The standard InChI is InChI=1S/C16H17N.C7H8N2O2/c1-17(15-8-3-2-4-9-15)16-11-10-13-6-5-7-14(13)12-16;1-8-6-4-9-3-2-5(6)7(10)11/h2-4,8-12H,5-7H2,1H3;2-4,8H,1H3,(H,10,11). The molecule has 0 radical (unpaired) electrons. The van der Waals surface area contributed by atoms with Gasteiger partial charge in [-0.25, -0.2) is 4.79 Å². The lowest BCUT2D eigenvalue weighted by Gasteiger charge is -2.20. The summed E-state index contributed by atoms with van der Waals surface area (Å²) >= 11 is 0. The van der Waals surface area contributed by atoms with Crippen LogP contribution in [0.2, 0.25) is 0 Å². The highest BCUT2D eigenvalue weighted by molar-refractivity contribution is 5.93. The fourth-order valence-corrected chi connectivity index (χ4v) is 3.35. The number of anilines is 3. The van der Waals surface area contributed by atoms with Gasteiger partial charge in [0.05, 0.1) is 17.4 Å². The SMILES string of the molecule is CN(c1ccccc1)c1ccc2c(c1)CCC2.CNc1cnccc1C(=O)O. The molecule has 144 valence electrons. The van der Waals surface area contributed by atoms with Gasteiger partial charge in [0.15, 0.2) is 0 Å². The van der Waals surface area contributed by atoms with E-state index in [0.717, 1.165) is 0 Å². The molecule has 0 spiro atoms. The number of hydrogen-bond acceptors (Lipinski definition) is 4. The number of aryl methyl sites for hydroxylation is 2. The first-order valence-electron chi connectivity index (χ1n) is 9.36. The molecule has 5 heteroatoms. The van der Waals surface area contributed by atoms with Crippen molar-refractivity contribution in [3.8, 4) is 0 Å². The van der Waals surface area contributed by atoms with Gasteiger partial charge >= 0.3 is 5.97 Å². The Morgan fingerprint density at radius 1 is 1.04 bits per heavy atom. The van der Waals surface area contributed by atoms with Crippen LogP contribution in [0, 0.1) is 0 Å². The number of para-hydroxylation sites is 1. The third-order valence-electron chi connectivity index (χ3n) is 4.93. The lowest BCUT2D eigenvalue weighted by molar-refractivity contribution is 0.0698. The van der Waals surface area contributed by atoms with Gasteiger partial charge in [0.1, 0.15) is 0 Å². The molecule has 2 N–H and O–H groups in total. The van der Waals surface area contributed by atoms with Crippen molar-refractivity contribution < 1.29 is 9.90 Å². The van der Waals surface area contributed by atoms with E-state index >= 15 is 0 Å². The van der Waals surface area contributed by atoms with Gasteiger partial charge in [0, 0.05) is 31.7 Å². The van der Waals surface area contributed by atoms with Crippen LogP contribution in [0.3, 0.4) is 0 Å². The van der Waals surface area contributed by atoms with Crippen LogP contribution in [-0.4, -0.2) is 30.2 Å². The minimum absolute atomic E-state index is 0.238. The second kappa shape index (κ2) is 9.04. The maximum Gasteiger partial charge on any atom is 0.337 e. The Kier molecular flexibility index (Phi) is 6.27. The molecule has 0 unspecified atom stereocenters. The first-order chi connectivity index (χ1) is 13.6. The van der Waals surface area contributed by atoms with E-state index in [-0.39, 0.29) is 5.56 Å². The summed E-state index contributed by atoms with van der Waals surface area (Å²) in [5.74, 6) is -0.947. The van der Waals surface area contributed by atoms with Crippen molar-refractivity contribution in [3.63, 3.8) is 0 Å². The maximum atomic E-state index is 10.5. The molecule has 5 nitrogen and oxygen atoms in total. The van der Waals surface area contributed by atoms with Crippen molar-refractivity contribution in [2.75, 3.05) is 24.3 Å². The highest BCUT2D eigenvalue weighted by atomic mass is 16.4. The molecule has 0 bridgehead atoms. The third-order valence-corrected chi connectivity index (χ3v) is 4.93. The van der Waals surface area contributed by atoms with Crippen LogP contribution in [0.25, 0.3) is 0 Å². The van der Waals surface area contributed by atoms with E-state index in [1.807, 2.05) is 0 Å². The van der Waals surface area contributed by atoms with Gasteiger partial charge in [-0.15, -0.1) is 0 Å².